The molecular formula is C16H22N2O2. The van der Waals surface area contributed by atoms with Gasteiger partial charge in [0.25, 0.3) is 5.91 Å². The highest BCUT2D eigenvalue weighted by atomic mass is 16.5. The van der Waals surface area contributed by atoms with Gasteiger partial charge in [0.1, 0.15) is 0 Å². The van der Waals surface area contributed by atoms with E-state index < -0.39 is 0 Å². The van der Waals surface area contributed by atoms with Crippen molar-refractivity contribution in [1.82, 2.24) is 5.32 Å². The second-order valence-corrected chi connectivity index (χ2v) is 4.52. The fourth-order valence-corrected chi connectivity index (χ4v) is 1.80. The summed E-state index contributed by atoms with van der Waals surface area (Å²) in [6.45, 7) is 7.19. The average Bonchev–Trinajstić information content (AvgIpc) is 2.43. The van der Waals surface area contributed by atoms with Gasteiger partial charge in [-0.3, -0.25) is 4.79 Å². The molecule has 0 spiro atoms. The molecule has 0 aliphatic heterocycles. The second-order valence-electron chi connectivity index (χ2n) is 4.52. The van der Waals surface area contributed by atoms with E-state index in [9.17, 15) is 4.79 Å². The normalized spacial score (nSPS) is 11.4. The van der Waals surface area contributed by atoms with Crippen LogP contribution in [0.2, 0.25) is 0 Å². The molecule has 1 aromatic carbocycles. The Labute approximate surface area is 120 Å². The third-order valence-electron chi connectivity index (χ3n) is 2.85. The highest BCUT2D eigenvalue weighted by Crippen LogP contribution is 2.13. The van der Waals surface area contributed by atoms with Crippen molar-refractivity contribution in [2.75, 3.05) is 19.8 Å². The first-order valence-corrected chi connectivity index (χ1v) is 6.77. The first-order valence-electron chi connectivity index (χ1n) is 6.77. The van der Waals surface area contributed by atoms with E-state index in [4.69, 9.17) is 10.5 Å². The summed E-state index contributed by atoms with van der Waals surface area (Å²) in [4.78, 5) is 12.2. The second kappa shape index (κ2) is 8.36. The third kappa shape index (κ3) is 4.69. The molecule has 0 bridgehead atoms. The Morgan fingerprint density at radius 3 is 2.90 bits per heavy atom. The molecule has 108 valence electrons. The first-order chi connectivity index (χ1) is 9.60. The molecule has 0 saturated carbocycles. The van der Waals surface area contributed by atoms with Crippen molar-refractivity contribution in [3.63, 3.8) is 0 Å². The van der Waals surface area contributed by atoms with E-state index in [0.29, 0.717) is 25.3 Å². The van der Waals surface area contributed by atoms with Gasteiger partial charge in [-0.15, -0.1) is 0 Å². The highest BCUT2D eigenvalue weighted by molar-refractivity contribution is 5.96. The molecule has 0 radical (unpaired) electrons. The van der Waals surface area contributed by atoms with Crippen LogP contribution in [0.4, 0.5) is 0 Å². The van der Waals surface area contributed by atoms with Crippen molar-refractivity contribution in [2.45, 2.75) is 26.8 Å². The minimum Gasteiger partial charge on any atom is -0.380 e. The molecule has 0 aromatic heterocycles. The fourth-order valence-electron chi connectivity index (χ4n) is 1.80. The molecular weight excluding hydrogens is 252 g/mol. The molecule has 0 aliphatic rings. The lowest BCUT2D eigenvalue weighted by atomic mass is 10.0. The zero-order chi connectivity index (χ0) is 15.0. The number of hydrogen-bond acceptors (Lipinski definition) is 3. The maximum absolute atomic E-state index is 12.2. The first kappa shape index (κ1) is 16.2. The Balaban J connectivity index is 2.83. The van der Waals surface area contributed by atoms with Gasteiger partial charge in [-0.05, 0) is 38.5 Å². The van der Waals surface area contributed by atoms with Gasteiger partial charge in [0.15, 0.2) is 0 Å². The number of nitrogens with two attached hydrogens (primary N) is 1. The van der Waals surface area contributed by atoms with Crippen molar-refractivity contribution >= 4 is 5.91 Å². The van der Waals surface area contributed by atoms with Gasteiger partial charge in [0.05, 0.1) is 13.2 Å². The summed E-state index contributed by atoms with van der Waals surface area (Å²) in [6, 6.07) is 5.49. The molecule has 1 atom stereocenters. The molecule has 4 nitrogen and oxygen atoms in total. The van der Waals surface area contributed by atoms with Gasteiger partial charge in [-0.2, -0.15) is 0 Å². The number of ether oxygens (including phenoxy) is 1. The van der Waals surface area contributed by atoms with Gasteiger partial charge in [-0.1, -0.05) is 17.9 Å². The maximum Gasteiger partial charge on any atom is 0.251 e. The zero-order valence-electron chi connectivity index (χ0n) is 12.3. The van der Waals surface area contributed by atoms with Crippen molar-refractivity contribution in [2.24, 2.45) is 5.73 Å². The molecule has 3 N–H and O–H groups in total. The highest BCUT2D eigenvalue weighted by Gasteiger charge is 2.13. The van der Waals surface area contributed by atoms with E-state index in [0.717, 1.165) is 11.1 Å². The summed E-state index contributed by atoms with van der Waals surface area (Å²) < 4.78 is 5.29. The quantitative estimate of drug-likeness (QED) is 0.799. The minimum atomic E-state index is -0.105. The number of hydrogen-bond donors (Lipinski definition) is 2. The summed E-state index contributed by atoms with van der Waals surface area (Å²) in [6.07, 6.45) is 0. The molecule has 1 rings (SSSR count). The van der Waals surface area contributed by atoms with E-state index in [1.165, 1.54) is 0 Å². The monoisotopic (exact) mass is 274 g/mol. The van der Waals surface area contributed by atoms with Crippen molar-refractivity contribution in [3.8, 4) is 11.8 Å². The molecule has 0 saturated heterocycles. The number of carbonyl (C=O) groups excluding carboxylic acids is 1. The molecule has 0 fully saturated rings. The summed E-state index contributed by atoms with van der Waals surface area (Å²) in [5, 5.41) is 2.92. The summed E-state index contributed by atoms with van der Waals surface area (Å²) in [7, 11) is 0. The molecule has 20 heavy (non-hydrogen) atoms. The van der Waals surface area contributed by atoms with Crippen LogP contribution in [0.5, 0.6) is 0 Å². The van der Waals surface area contributed by atoms with Crippen molar-refractivity contribution in [3.05, 3.63) is 34.9 Å². The predicted molar refractivity (Wildman–Crippen MR) is 80.5 cm³/mol. The number of amides is 1. The standard InChI is InChI=1S/C16H22N2O2/c1-4-20-11-12(2)18-16(19)15-9-5-7-14(13(15)3)8-6-10-17/h5,7,9,12H,4,10-11,17H2,1-3H3,(H,18,19). The predicted octanol–water partition coefficient (Wildman–Crippen LogP) is 1.46. The molecule has 1 amide bonds. The Morgan fingerprint density at radius 1 is 1.50 bits per heavy atom. The van der Waals surface area contributed by atoms with Crippen LogP contribution < -0.4 is 11.1 Å². The molecule has 0 heterocycles. The van der Waals surface area contributed by atoms with Crippen LogP contribution in [-0.4, -0.2) is 31.7 Å². The van der Waals surface area contributed by atoms with Crippen LogP contribution >= 0.6 is 0 Å². The van der Waals surface area contributed by atoms with Gasteiger partial charge in [-0.25, -0.2) is 0 Å². The van der Waals surface area contributed by atoms with Gasteiger partial charge in [0.2, 0.25) is 0 Å². The van der Waals surface area contributed by atoms with Gasteiger partial charge in [0, 0.05) is 23.8 Å². The number of rotatable bonds is 5. The van der Waals surface area contributed by atoms with Crippen LogP contribution in [-0.2, 0) is 4.74 Å². The van der Waals surface area contributed by atoms with Gasteiger partial charge < -0.3 is 15.8 Å². The lowest BCUT2D eigenvalue weighted by Crippen LogP contribution is -2.36. The van der Waals surface area contributed by atoms with Crippen LogP contribution in [0.3, 0.4) is 0 Å². The largest absolute Gasteiger partial charge is 0.380 e. The topological polar surface area (TPSA) is 64.3 Å². The molecule has 1 unspecified atom stereocenters. The van der Waals surface area contributed by atoms with Crippen LogP contribution in [0, 0.1) is 18.8 Å². The van der Waals surface area contributed by atoms with E-state index in [2.05, 4.69) is 17.2 Å². The van der Waals surface area contributed by atoms with Crippen LogP contribution in [0.25, 0.3) is 0 Å². The maximum atomic E-state index is 12.2. The Kier molecular flexibility index (Phi) is 6.78. The zero-order valence-corrected chi connectivity index (χ0v) is 12.3. The minimum absolute atomic E-state index is 0.0272. The van der Waals surface area contributed by atoms with E-state index in [-0.39, 0.29) is 11.9 Å². The fraction of sp³-hybridized carbons (Fsp3) is 0.438. The Hall–Kier alpha value is -1.83. The SMILES string of the molecule is CCOCC(C)NC(=O)c1cccc(C#CCN)c1C. The van der Waals surface area contributed by atoms with E-state index >= 15 is 0 Å². The van der Waals surface area contributed by atoms with Crippen molar-refractivity contribution < 1.29 is 9.53 Å². The Bertz CT molecular complexity index is 515. The van der Waals surface area contributed by atoms with Crippen molar-refractivity contribution in [1.29, 1.82) is 0 Å². The van der Waals surface area contributed by atoms with E-state index in [1.807, 2.05) is 32.9 Å². The summed E-state index contributed by atoms with van der Waals surface area (Å²) >= 11 is 0. The number of benzene rings is 1. The summed E-state index contributed by atoms with van der Waals surface area (Å²) in [5.74, 6) is 5.68. The van der Waals surface area contributed by atoms with Gasteiger partial charge >= 0.3 is 0 Å². The number of carbonyl (C=O) groups is 1. The lowest BCUT2D eigenvalue weighted by Gasteiger charge is -2.15. The van der Waals surface area contributed by atoms with Crippen LogP contribution in [0.1, 0.15) is 35.3 Å². The molecule has 4 heteroatoms. The Morgan fingerprint density at radius 2 is 2.25 bits per heavy atom. The summed E-state index contributed by atoms with van der Waals surface area (Å²) in [5.41, 5.74) is 7.71. The molecule has 0 aliphatic carbocycles. The smallest absolute Gasteiger partial charge is 0.251 e. The lowest BCUT2D eigenvalue weighted by molar-refractivity contribution is 0.0871. The van der Waals surface area contributed by atoms with Crippen LogP contribution in [0.15, 0.2) is 18.2 Å². The molecule has 1 aromatic rings. The van der Waals surface area contributed by atoms with E-state index in [1.54, 1.807) is 6.07 Å². The number of nitrogens with one attached hydrogen (secondary N) is 1. The average molecular weight is 274 g/mol. The third-order valence-corrected chi connectivity index (χ3v) is 2.85.